The lowest BCUT2D eigenvalue weighted by Crippen LogP contribution is -2.47. The largest absolute Gasteiger partial charge is 0.375 e. The van der Waals surface area contributed by atoms with Gasteiger partial charge in [0, 0.05) is 31.0 Å². The minimum Gasteiger partial charge on any atom is -0.375 e. The maximum Gasteiger partial charge on any atom is 0.0836 e. The van der Waals surface area contributed by atoms with Gasteiger partial charge in [0.05, 0.1) is 18.3 Å². The third kappa shape index (κ3) is 3.50. The zero-order valence-electron chi connectivity index (χ0n) is 12.6. The van der Waals surface area contributed by atoms with E-state index in [1.54, 1.807) is 0 Å². The van der Waals surface area contributed by atoms with E-state index in [9.17, 15) is 0 Å². The molecule has 2 saturated heterocycles. The van der Waals surface area contributed by atoms with E-state index in [-0.39, 0.29) is 5.60 Å². The van der Waals surface area contributed by atoms with Crippen LogP contribution >= 0.6 is 11.3 Å². The summed E-state index contributed by atoms with van der Waals surface area (Å²) in [6.07, 6.45) is 6.63. The Balaban J connectivity index is 1.31. The summed E-state index contributed by atoms with van der Waals surface area (Å²) >= 11 is 1.86. The van der Waals surface area contributed by atoms with Crippen molar-refractivity contribution in [3.05, 3.63) is 22.4 Å². The van der Waals surface area contributed by atoms with Gasteiger partial charge in [0.15, 0.2) is 0 Å². The molecule has 0 unspecified atom stereocenters. The second-order valence-electron chi connectivity index (χ2n) is 6.99. The van der Waals surface area contributed by atoms with Crippen LogP contribution < -0.4 is 0 Å². The second-order valence-corrected chi connectivity index (χ2v) is 8.02. The van der Waals surface area contributed by atoms with E-state index >= 15 is 0 Å². The molecule has 0 aromatic carbocycles. The molecular formula is C17H25NO2S. The van der Waals surface area contributed by atoms with Gasteiger partial charge in [-0.15, -0.1) is 11.3 Å². The lowest BCUT2D eigenvalue weighted by molar-refractivity contribution is -0.0545. The fourth-order valence-corrected chi connectivity index (χ4v) is 4.45. The van der Waals surface area contributed by atoms with Crippen LogP contribution in [0, 0.1) is 5.92 Å². The topological polar surface area (TPSA) is 21.7 Å². The van der Waals surface area contributed by atoms with Crippen LogP contribution in [0.1, 0.15) is 37.0 Å². The Bertz CT molecular complexity index is 459. The number of hydrogen-bond acceptors (Lipinski definition) is 4. The highest BCUT2D eigenvalue weighted by Crippen LogP contribution is 2.37. The smallest absolute Gasteiger partial charge is 0.0836 e. The van der Waals surface area contributed by atoms with Gasteiger partial charge in [-0.1, -0.05) is 6.07 Å². The highest BCUT2D eigenvalue weighted by Gasteiger charge is 2.44. The Labute approximate surface area is 131 Å². The van der Waals surface area contributed by atoms with Gasteiger partial charge in [0.2, 0.25) is 0 Å². The van der Waals surface area contributed by atoms with E-state index in [0.29, 0.717) is 6.10 Å². The van der Waals surface area contributed by atoms with Crippen LogP contribution in [-0.4, -0.2) is 42.9 Å². The van der Waals surface area contributed by atoms with Gasteiger partial charge in [-0.05, 0) is 49.6 Å². The maximum atomic E-state index is 6.23. The summed E-state index contributed by atoms with van der Waals surface area (Å²) < 4.78 is 12.3. The molecule has 4 heteroatoms. The molecule has 3 fully saturated rings. The molecule has 3 heterocycles. The number of rotatable bonds is 5. The first-order chi connectivity index (χ1) is 10.3. The highest BCUT2D eigenvalue weighted by atomic mass is 32.1. The third-order valence-electron chi connectivity index (χ3n) is 5.02. The van der Waals surface area contributed by atoms with Gasteiger partial charge in [0.25, 0.3) is 0 Å². The summed E-state index contributed by atoms with van der Waals surface area (Å²) in [7, 11) is 0. The van der Waals surface area contributed by atoms with E-state index in [1.807, 2.05) is 11.3 Å². The van der Waals surface area contributed by atoms with Crippen LogP contribution in [0.5, 0.6) is 0 Å². The van der Waals surface area contributed by atoms with E-state index in [2.05, 4.69) is 22.4 Å². The molecule has 1 aromatic heterocycles. The zero-order chi connectivity index (χ0) is 14.1. The molecular weight excluding hydrogens is 282 g/mol. The number of likely N-dealkylation sites (tertiary alicyclic amines) is 1. The van der Waals surface area contributed by atoms with Crippen molar-refractivity contribution in [2.75, 3.05) is 26.3 Å². The van der Waals surface area contributed by atoms with Crippen molar-refractivity contribution in [2.24, 2.45) is 5.92 Å². The quantitative estimate of drug-likeness (QED) is 0.833. The zero-order valence-corrected chi connectivity index (χ0v) is 13.4. The molecule has 0 bridgehead atoms. The number of ether oxygens (including phenoxy) is 2. The summed E-state index contributed by atoms with van der Waals surface area (Å²) in [6, 6.07) is 4.39. The van der Waals surface area contributed by atoms with Crippen molar-refractivity contribution < 1.29 is 9.47 Å². The third-order valence-corrected chi connectivity index (χ3v) is 5.88. The minimum absolute atomic E-state index is 0.0731. The molecule has 1 aromatic rings. The van der Waals surface area contributed by atoms with Gasteiger partial charge in [-0.25, -0.2) is 0 Å². The number of thiophene rings is 1. The maximum absolute atomic E-state index is 6.23. The van der Waals surface area contributed by atoms with E-state index in [4.69, 9.17) is 9.47 Å². The Morgan fingerprint density at radius 2 is 2.38 bits per heavy atom. The van der Waals surface area contributed by atoms with E-state index < -0.39 is 0 Å². The van der Waals surface area contributed by atoms with E-state index in [1.165, 1.54) is 37.1 Å². The average Bonchev–Trinajstić information content (AvgIpc) is 3.04. The molecule has 0 N–H and O–H groups in total. The van der Waals surface area contributed by atoms with Crippen LogP contribution in [0.2, 0.25) is 0 Å². The normalized spacial score (nSPS) is 33.8. The molecule has 116 valence electrons. The summed E-state index contributed by atoms with van der Waals surface area (Å²) in [4.78, 5) is 4.03. The van der Waals surface area contributed by atoms with Crippen molar-refractivity contribution in [3.63, 3.8) is 0 Å². The first-order valence-corrected chi connectivity index (χ1v) is 9.20. The molecule has 0 amide bonds. The number of piperidine rings is 1. The summed E-state index contributed by atoms with van der Waals surface area (Å²) in [6.45, 7) is 5.13. The SMILES string of the molecule is c1csc(CN2CCC[C@@]3(C[C@H](OCC4CC4)CO3)C2)c1. The van der Waals surface area contributed by atoms with Crippen LogP contribution in [0.15, 0.2) is 17.5 Å². The first kappa shape index (κ1) is 14.2. The molecule has 2 atom stereocenters. The van der Waals surface area contributed by atoms with Crippen molar-refractivity contribution in [1.29, 1.82) is 0 Å². The molecule has 3 nitrogen and oxygen atoms in total. The lowest BCUT2D eigenvalue weighted by Gasteiger charge is -2.39. The Hall–Kier alpha value is -0.420. The van der Waals surface area contributed by atoms with Crippen LogP contribution in [-0.2, 0) is 16.0 Å². The van der Waals surface area contributed by atoms with Crippen molar-refractivity contribution in [1.82, 2.24) is 4.90 Å². The van der Waals surface area contributed by atoms with Crippen molar-refractivity contribution in [3.8, 4) is 0 Å². The minimum atomic E-state index is 0.0731. The average molecular weight is 307 g/mol. The fraction of sp³-hybridized carbons (Fsp3) is 0.765. The molecule has 2 aliphatic heterocycles. The molecule has 21 heavy (non-hydrogen) atoms. The molecule has 4 rings (SSSR count). The standard InChI is InChI=1S/C17H25NO2S/c1-3-16(21-8-1)10-18-7-2-6-17(13-18)9-15(12-20-17)19-11-14-4-5-14/h1,3,8,14-15H,2,4-7,9-13H2/t15-,17+/m0/s1. The van der Waals surface area contributed by atoms with Gasteiger partial charge in [0.1, 0.15) is 0 Å². The van der Waals surface area contributed by atoms with Crippen molar-refractivity contribution >= 4 is 11.3 Å². The van der Waals surface area contributed by atoms with Gasteiger partial charge >= 0.3 is 0 Å². The monoisotopic (exact) mass is 307 g/mol. The van der Waals surface area contributed by atoms with E-state index in [0.717, 1.165) is 38.6 Å². The predicted molar refractivity (Wildman–Crippen MR) is 84.6 cm³/mol. The molecule has 0 radical (unpaired) electrons. The summed E-state index contributed by atoms with van der Waals surface area (Å²) in [5, 5.41) is 2.17. The van der Waals surface area contributed by atoms with Gasteiger partial charge in [-0.2, -0.15) is 0 Å². The van der Waals surface area contributed by atoms with Gasteiger partial charge in [-0.3, -0.25) is 4.90 Å². The van der Waals surface area contributed by atoms with Gasteiger partial charge < -0.3 is 9.47 Å². The summed E-state index contributed by atoms with van der Waals surface area (Å²) in [5.41, 5.74) is 0.0731. The lowest BCUT2D eigenvalue weighted by atomic mass is 9.89. The highest BCUT2D eigenvalue weighted by molar-refractivity contribution is 7.09. The molecule has 1 aliphatic carbocycles. The molecule has 1 spiro atoms. The Kier molecular flexibility index (Phi) is 4.05. The van der Waals surface area contributed by atoms with Crippen LogP contribution in [0.4, 0.5) is 0 Å². The Morgan fingerprint density at radius 3 is 3.19 bits per heavy atom. The Morgan fingerprint density at radius 1 is 1.43 bits per heavy atom. The van der Waals surface area contributed by atoms with Crippen LogP contribution in [0.3, 0.4) is 0 Å². The number of nitrogens with zero attached hydrogens (tertiary/aromatic N) is 1. The first-order valence-electron chi connectivity index (χ1n) is 8.32. The predicted octanol–water partition coefficient (Wildman–Crippen LogP) is 3.30. The number of hydrogen-bond donors (Lipinski definition) is 0. The summed E-state index contributed by atoms with van der Waals surface area (Å²) in [5.74, 6) is 0.850. The fourth-order valence-electron chi connectivity index (χ4n) is 3.70. The van der Waals surface area contributed by atoms with Crippen molar-refractivity contribution in [2.45, 2.75) is 50.4 Å². The second kappa shape index (κ2) is 5.99. The molecule has 1 saturated carbocycles. The van der Waals surface area contributed by atoms with Crippen LogP contribution in [0.25, 0.3) is 0 Å². The molecule has 3 aliphatic rings.